The fourth-order valence-corrected chi connectivity index (χ4v) is 4.36. The number of para-hydroxylation sites is 1. The van der Waals surface area contributed by atoms with Gasteiger partial charge < -0.3 is 10.1 Å². The van der Waals surface area contributed by atoms with Crippen molar-refractivity contribution in [1.82, 2.24) is 9.71 Å². The molecule has 0 saturated heterocycles. The fourth-order valence-electron chi connectivity index (χ4n) is 3.13. The maximum atomic E-state index is 12.7. The Kier molecular flexibility index (Phi) is 5.42. The van der Waals surface area contributed by atoms with Crippen LogP contribution in [-0.2, 0) is 21.9 Å². The minimum atomic E-state index is -3.71. The minimum absolute atomic E-state index is 0.0430. The summed E-state index contributed by atoms with van der Waals surface area (Å²) in [7, 11) is -3.71. The van der Waals surface area contributed by atoms with Gasteiger partial charge >= 0.3 is 0 Å². The maximum Gasteiger partial charge on any atom is 0.240 e. The first-order valence-corrected chi connectivity index (χ1v) is 10.5. The minimum Gasteiger partial charge on any atom is -0.395 e. The van der Waals surface area contributed by atoms with Crippen LogP contribution in [0.3, 0.4) is 0 Å². The van der Waals surface area contributed by atoms with Gasteiger partial charge in [-0.05, 0) is 41.2 Å². The van der Waals surface area contributed by atoms with Crippen LogP contribution in [0.4, 0.5) is 0 Å². The summed E-state index contributed by atoms with van der Waals surface area (Å²) >= 11 is 0. The molecule has 0 radical (unpaired) electrons. The molecule has 1 heterocycles. The summed E-state index contributed by atoms with van der Waals surface area (Å²) in [6.45, 7) is 5.96. The van der Waals surface area contributed by atoms with Crippen molar-refractivity contribution in [1.29, 1.82) is 0 Å². The summed E-state index contributed by atoms with van der Waals surface area (Å²) in [4.78, 5) is 3.38. The van der Waals surface area contributed by atoms with Gasteiger partial charge in [0, 0.05) is 23.1 Å². The van der Waals surface area contributed by atoms with Crippen LogP contribution in [0, 0.1) is 0 Å². The van der Waals surface area contributed by atoms with E-state index in [1.807, 2.05) is 42.6 Å². The fraction of sp³-hybridized carbons (Fsp3) is 0.333. The molecule has 5 nitrogen and oxygen atoms in total. The molecule has 3 rings (SSSR count). The van der Waals surface area contributed by atoms with E-state index in [0.29, 0.717) is 6.42 Å². The summed E-state index contributed by atoms with van der Waals surface area (Å²) in [6, 6.07) is 14.1. The standard InChI is InChI=1S/C21H26N2O3S/c1-21(2,3)16-8-10-18(11-9-16)27(25,26)23-17(14-24)12-15-13-22-20-7-5-4-6-19(15)20/h4-11,13,17,22-24H,12,14H2,1-3H3. The topological polar surface area (TPSA) is 82.2 Å². The summed E-state index contributed by atoms with van der Waals surface area (Å²) in [5.41, 5.74) is 2.98. The van der Waals surface area contributed by atoms with E-state index in [0.717, 1.165) is 22.0 Å². The van der Waals surface area contributed by atoms with Gasteiger partial charge in [0.15, 0.2) is 0 Å². The van der Waals surface area contributed by atoms with Crippen molar-refractivity contribution in [2.75, 3.05) is 6.61 Å². The molecule has 2 aromatic carbocycles. The summed E-state index contributed by atoms with van der Waals surface area (Å²) in [6.07, 6.45) is 2.26. The summed E-state index contributed by atoms with van der Waals surface area (Å²) in [5, 5.41) is 10.8. The molecule has 0 aliphatic carbocycles. The van der Waals surface area contributed by atoms with Crippen LogP contribution in [0.1, 0.15) is 31.9 Å². The second-order valence-corrected chi connectivity index (χ2v) is 9.55. The van der Waals surface area contributed by atoms with Crippen molar-refractivity contribution >= 4 is 20.9 Å². The number of sulfonamides is 1. The first-order chi connectivity index (χ1) is 12.7. The lowest BCUT2D eigenvalue weighted by Crippen LogP contribution is -2.39. The van der Waals surface area contributed by atoms with E-state index in [1.54, 1.807) is 12.1 Å². The molecule has 144 valence electrons. The molecule has 3 N–H and O–H groups in total. The van der Waals surface area contributed by atoms with E-state index in [1.165, 1.54) is 0 Å². The normalized spacial score (nSPS) is 13.8. The highest BCUT2D eigenvalue weighted by molar-refractivity contribution is 7.89. The molecule has 0 bridgehead atoms. The molecule has 0 saturated carbocycles. The van der Waals surface area contributed by atoms with Gasteiger partial charge in [-0.25, -0.2) is 13.1 Å². The smallest absolute Gasteiger partial charge is 0.240 e. The van der Waals surface area contributed by atoms with E-state index in [-0.39, 0.29) is 16.9 Å². The van der Waals surface area contributed by atoms with Crippen LogP contribution in [0.2, 0.25) is 0 Å². The number of fused-ring (bicyclic) bond motifs is 1. The van der Waals surface area contributed by atoms with Gasteiger partial charge in [0.1, 0.15) is 0 Å². The lowest BCUT2D eigenvalue weighted by atomic mass is 9.87. The average molecular weight is 387 g/mol. The Balaban J connectivity index is 1.78. The van der Waals surface area contributed by atoms with E-state index < -0.39 is 16.1 Å². The first-order valence-electron chi connectivity index (χ1n) is 8.99. The van der Waals surface area contributed by atoms with Gasteiger partial charge in [-0.2, -0.15) is 0 Å². The zero-order valence-corrected chi connectivity index (χ0v) is 16.7. The van der Waals surface area contributed by atoms with Gasteiger partial charge in [0.2, 0.25) is 10.0 Å². The van der Waals surface area contributed by atoms with Gasteiger partial charge in [-0.15, -0.1) is 0 Å². The van der Waals surface area contributed by atoms with Gasteiger partial charge in [0.05, 0.1) is 11.5 Å². The number of hydrogen-bond donors (Lipinski definition) is 3. The second-order valence-electron chi connectivity index (χ2n) is 7.84. The highest BCUT2D eigenvalue weighted by Crippen LogP contribution is 2.24. The third-order valence-corrected chi connectivity index (χ3v) is 6.25. The Morgan fingerprint density at radius 2 is 1.74 bits per heavy atom. The van der Waals surface area contributed by atoms with E-state index in [9.17, 15) is 13.5 Å². The average Bonchev–Trinajstić information content (AvgIpc) is 3.03. The Hall–Kier alpha value is -2.15. The zero-order chi connectivity index (χ0) is 19.7. The molecule has 1 unspecified atom stereocenters. The van der Waals surface area contributed by atoms with Crippen molar-refractivity contribution in [3.8, 4) is 0 Å². The molecule has 0 aliphatic heterocycles. The van der Waals surface area contributed by atoms with Crippen LogP contribution in [-0.4, -0.2) is 31.2 Å². The third-order valence-electron chi connectivity index (χ3n) is 4.71. The number of H-pyrrole nitrogens is 1. The number of benzene rings is 2. The van der Waals surface area contributed by atoms with Crippen LogP contribution >= 0.6 is 0 Å². The molecule has 0 aliphatic rings. The molecule has 0 spiro atoms. The van der Waals surface area contributed by atoms with E-state index >= 15 is 0 Å². The van der Waals surface area contributed by atoms with Crippen LogP contribution in [0.5, 0.6) is 0 Å². The van der Waals surface area contributed by atoms with Gasteiger partial charge in [-0.3, -0.25) is 0 Å². The number of aromatic nitrogens is 1. The Labute approximate surface area is 160 Å². The first kappa shape index (κ1) is 19.6. The number of rotatable bonds is 6. The Bertz CT molecular complexity index is 1020. The number of aromatic amines is 1. The van der Waals surface area contributed by atoms with Gasteiger partial charge in [-0.1, -0.05) is 51.1 Å². The lowest BCUT2D eigenvalue weighted by molar-refractivity contribution is 0.256. The third kappa shape index (κ3) is 4.40. The molecular formula is C21H26N2O3S. The Morgan fingerprint density at radius 3 is 2.37 bits per heavy atom. The van der Waals surface area contributed by atoms with Crippen molar-refractivity contribution in [2.45, 2.75) is 43.5 Å². The quantitative estimate of drug-likeness (QED) is 0.608. The molecule has 1 aromatic heterocycles. The van der Waals surface area contributed by atoms with Crippen molar-refractivity contribution < 1.29 is 13.5 Å². The highest BCUT2D eigenvalue weighted by Gasteiger charge is 2.22. The highest BCUT2D eigenvalue weighted by atomic mass is 32.2. The Morgan fingerprint density at radius 1 is 1.07 bits per heavy atom. The van der Waals surface area contributed by atoms with Crippen molar-refractivity contribution in [3.05, 3.63) is 65.9 Å². The number of hydrogen-bond acceptors (Lipinski definition) is 3. The monoisotopic (exact) mass is 386 g/mol. The molecule has 0 fully saturated rings. The predicted molar refractivity (Wildman–Crippen MR) is 108 cm³/mol. The molecule has 6 heteroatoms. The summed E-state index contributed by atoms with van der Waals surface area (Å²) < 4.78 is 28.1. The van der Waals surface area contributed by atoms with Gasteiger partial charge in [0.25, 0.3) is 0 Å². The van der Waals surface area contributed by atoms with E-state index in [4.69, 9.17) is 0 Å². The molecule has 27 heavy (non-hydrogen) atoms. The van der Waals surface area contributed by atoms with Crippen LogP contribution in [0.25, 0.3) is 10.9 Å². The lowest BCUT2D eigenvalue weighted by Gasteiger charge is -2.20. The van der Waals surface area contributed by atoms with Crippen molar-refractivity contribution in [2.24, 2.45) is 0 Å². The molecular weight excluding hydrogens is 360 g/mol. The number of aliphatic hydroxyl groups is 1. The van der Waals surface area contributed by atoms with E-state index in [2.05, 4.69) is 30.5 Å². The van der Waals surface area contributed by atoms with Crippen molar-refractivity contribution in [3.63, 3.8) is 0 Å². The maximum absolute atomic E-state index is 12.7. The number of aliphatic hydroxyl groups excluding tert-OH is 1. The molecule has 0 amide bonds. The van der Waals surface area contributed by atoms with Crippen LogP contribution < -0.4 is 4.72 Å². The van der Waals surface area contributed by atoms with Crippen LogP contribution in [0.15, 0.2) is 59.6 Å². The molecule has 1 atom stereocenters. The summed E-state index contributed by atoms with van der Waals surface area (Å²) in [5.74, 6) is 0. The number of nitrogens with one attached hydrogen (secondary N) is 2. The predicted octanol–water partition coefficient (Wildman–Crippen LogP) is 3.35. The zero-order valence-electron chi connectivity index (χ0n) is 15.9. The SMILES string of the molecule is CC(C)(C)c1ccc(S(=O)(=O)NC(CO)Cc2c[nH]c3ccccc23)cc1. The molecule has 3 aromatic rings. The largest absolute Gasteiger partial charge is 0.395 e. The second kappa shape index (κ2) is 7.46.